The molecule has 0 spiro atoms. The van der Waals surface area contributed by atoms with Crippen LogP contribution in [0.4, 0.5) is 0 Å². The Bertz CT molecular complexity index is 1350. The Kier molecular flexibility index (Phi) is 6.97. The fourth-order valence-corrected chi connectivity index (χ4v) is 5.27. The van der Waals surface area contributed by atoms with Crippen molar-refractivity contribution in [2.45, 2.75) is 58.0 Å². The number of nitrogens with zero attached hydrogens (tertiary/aromatic N) is 4. The van der Waals surface area contributed by atoms with Crippen LogP contribution in [0.15, 0.2) is 29.2 Å². The Morgan fingerprint density at radius 3 is 2.71 bits per heavy atom. The number of morpholine rings is 1. The minimum atomic E-state index is -0.278. The third-order valence-corrected chi connectivity index (χ3v) is 7.28. The van der Waals surface area contributed by atoms with Gasteiger partial charge in [0.1, 0.15) is 16.8 Å². The lowest BCUT2D eigenvalue weighted by Crippen LogP contribution is -2.41. The van der Waals surface area contributed by atoms with Gasteiger partial charge in [0.05, 0.1) is 24.2 Å². The lowest BCUT2D eigenvalue weighted by Gasteiger charge is -2.26. The van der Waals surface area contributed by atoms with Gasteiger partial charge in [-0.25, -0.2) is 4.98 Å². The fourth-order valence-electron chi connectivity index (χ4n) is 5.27. The topological polar surface area (TPSA) is 105 Å². The molecule has 1 saturated carbocycles. The molecule has 1 aliphatic carbocycles. The monoisotopic (exact) mass is 478 g/mol. The van der Waals surface area contributed by atoms with Crippen LogP contribution in [0.25, 0.3) is 16.7 Å². The maximum absolute atomic E-state index is 13.5. The lowest BCUT2D eigenvalue weighted by atomic mass is 9.95. The highest BCUT2D eigenvalue weighted by Gasteiger charge is 2.21. The summed E-state index contributed by atoms with van der Waals surface area (Å²) in [6, 6.07) is 5.44. The van der Waals surface area contributed by atoms with Crippen LogP contribution >= 0.6 is 0 Å². The molecule has 2 fully saturated rings. The summed E-state index contributed by atoms with van der Waals surface area (Å²) in [5.74, 6) is -0.278. The number of aromatic nitrogens is 3. The zero-order valence-corrected chi connectivity index (χ0v) is 20.4. The summed E-state index contributed by atoms with van der Waals surface area (Å²) in [6.07, 6.45) is 7.82. The second-order valence-corrected chi connectivity index (χ2v) is 9.71. The van der Waals surface area contributed by atoms with Crippen molar-refractivity contribution >= 4 is 22.6 Å². The predicted octanol–water partition coefficient (Wildman–Crippen LogP) is 2.22. The van der Waals surface area contributed by atoms with Crippen LogP contribution in [0.2, 0.25) is 0 Å². The van der Waals surface area contributed by atoms with Crippen LogP contribution in [0.3, 0.4) is 0 Å². The van der Waals surface area contributed by atoms with Crippen LogP contribution in [-0.4, -0.2) is 63.6 Å². The smallest absolute Gasteiger partial charge is 0.267 e. The van der Waals surface area contributed by atoms with Crippen molar-refractivity contribution in [1.82, 2.24) is 24.2 Å². The molecule has 3 aromatic rings. The summed E-state index contributed by atoms with van der Waals surface area (Å²) in [4.78, 5) is 33.9. The highest BCUT2D eigenvalue weighted by atomic mass is 16.5. The Labute approximate surface area is 204 Å². The van der Waals surface area contributed by atoms with E-state index in [1.165, 1.54) is 10.8 Å². The number of hydrogen-bond acceptors (Lipinski definition) is 6. The molecule has 2 N–H and O–H groups in total. The number of aryl methyl sites for hydroxylation is 2. The van der Waals surface area contributed by atoms with Crippen molar-refractivity contribution in [2.75, 3.05) is 32.8 Å². The van der Waals surface area contributed by atoms with Gasteiger partial charge < -0.3 is 14.6 Å². The number of hydrogen-bond donors (Lipinski definition) is 2. The minimum absolute atomic E-state index is 0.109. The van der Waals surface area contributed by atoms with Crippen molar-refractivity contribution in [3.05, 3.63) is 51.4 Å². The van der Waals surface area contributed by atoms with E-state index >= 15 is 0 Å². The largest absolute Gasteiger partial charge is 0.379 e. The van der Waals surface area contributed by atoms with Crippen molar-refractivity contribution in [3.63, 3.8) is 0 Å². The van der Waals surface area contributed by atoms with Crippen LogP contribution in [0.1, 0.15) is 54.4 Å². The third kappa shape index (κ3) is 4.88. The number of fused-ring (bicyclic) bond motifs is 2. The minimum Gasteiger partial charge on any atom is -0.379 e. The van der Waals surface area contributed by atoms with Crippen molar-refractivity contribution in [3.8, 4) is 0 Å². The van der Waals surface area contributed by atoms with Crippen LogP contribution in [0.5, 0.6) is 0 Å². The van der Waals surface area contributed by atoms with E-state index in [1.54, 1.807) is 16.8 Å². The summed E-state index contributed by atoms with van der Waals surface area (Å²) in [5, 5.41) is 12.4. The summed E-state index contributed by atoms with van der Waals surface area (Å²) in [7, 11) is 0. The maximum Gasteiger partial charge on any atom is 0.267 e. The molecule has 9 heteroatoms. The second-order valence-electron chi connectivity index (χ2n) is 9.71. The standard InChI is InChI=1S/C26H34N6O3/c1-18-7-5-11-32-23(18)29-24-21(26(32)34)17-20(25(33)28-19-8-3-2-4-9-19)22(27)31(24)12-6-10-30-13-15-35-16-14-30/h5,7,11,17,19,27H,2-4,6,8-10,12-16H2,1H3,(H,28,33). The molecular formula is C26H34N6O3. The SMILES string of the molecule is Cc1cccn2c(=O)c3cc(C(=O)NC4CCCCC4)c(=N)n(CCCN4CCOCC4)c3nc12. The van der Waals surface area contributed by atoms with Gasteiger partial charge in [-0.1, -0.05) is 25.3 Å². The molecule has 9 nitrogen and oxygen atoms in total. The maximum atomic E-state index is 13.5. The molecule has 0 bridgehead atoms. The highest BCUT2D eigenvalue weighted by molar-refractivity contribution is 5.97. The zero-order chi connectivity index (χ0) is 24.4. The molecule has 5 rings (SSSR count). The van der Waals surface area contributed by atoms with E-state index in [1.807, 2.05) is 19.1 Å². The van der Waals surface area contributed by atoms with E-state index in [2.05, 4.69) is 10.2 Å². The first-order valence-corrected chi connectivity index (χ1v) is 12.7. The first kappa shape index (κ1) is 23.7. The van der Waals surface area contributed by atoms with E-state index in [9.17, 15) is 9.59 Å². The van der Waals surface area contributed by atoms with Crippen LogP contribution in [-0.2, 0) is 11.3 Å². The molecule has 0 radical (unpaired) electrons. The number of carbonyl (C=O) groups excluding carboxylic acids is 1. The van der Waals surface area contributed by atoms with Gasteiger partial charge >= 0.3 is 0 Å². The zero-order valence-electron chi connectivity index (χ0n) is 20.4. The summed E-state index contributed by atoms with van der Waals surface area (Å²) >= 11 is 0. The van der Waals surface area contributed by atoms with E-state index < -0.39 is 0 Å². The number of pyridine rings is 2. The van der Waals surface area contributed by atoms with E-state index in [0.717, 1.165) is 70.5 Å². The molecule has 0 unspecified atom stereocenters. The van der Waals surface area contributed by atoms with Gasteiger partial charge in [0.15, 0.2) is 0 Å². The van der Waals surface area contributed by atoms with Crippen molar-refractivity contribution in [1.29, 1.82) is 5.41 Å². The molecule has 1 amide bonds. The summed E-state index contributed by atoms with van der Waals surface area (Å²) in [6.45, 7) is 6.55. The predicted molar refractivity (Wildman–Crippen MR) is 134 cm³/mol. The van der Waals surface area contributed by atoms with Crippen LogP contribution in [0, 0.1) is 12.3 Å². The number of ether oxygens (including phenoxy) is 1. The van der Waals surface area contributed by atoms with Gasteiger partial charge in [-0.2, -0.15) is 0 Å². The Balaban J connectivity index is 1.56. The van der Waals surface area contributed by atoms with Gasteiger partial charge in [0.25, 0.3) is 11.5 Å². The van der Waals surface area contributed by atoms with Gasteiger partial charge in [-0.3, -0.25) is 24.3 Å². The molecule has 35 heavy (non-hydrogen) atoms. The molecule has 0 aromatic carbocycles. The molecule has 1 saturated heterocycles. The Morgan fingerprint density at radius 1 is 1.17 bits per heavy atom. The molecule has 4 heterocycles. The number of amides is 1. The van der Waals surface area contributed by atoms with E-state index in [4.69, 9.17) is 15.1 Å². The van der Waals surface area contributed by atoms with Gasteiger partial charge in [0.2, 0.25) is 0 Å². The van der Waals surface area contributed by atoms with E-state index in [0.29, 0.717) is 23.2 Å². The number of carbonyl (C=O) groups is 1. The third-order valence-electron chi connectivity index (χ3n) is 7.28. The van der Waals surface area contributed by atoms with Crippen molar-refractivity contribution in [2.24, 2.45) is 0 Å². The summed E-state index contributed by atoms with van der Waals surface area (Å²) in [5.41, 5.74) is 2.05. The summed E-state index contributed by atoms with van der Waals surface area (Å²) < 4.78 is 8.72. The molecule has 1 aliphatic heterocycles. The normalized spacial score (nSPS) is 17.7. The van der Waals surface area contributed by atoms with Crippen LogP contribution < -0.4 is 16.4 Å². The molecule has 3 aromatic heterocycles. The van der Waals surface area contributed by atoms with E-state index in [-0.39, 0.29) is 28.6 Å². The first-order valence-electron chi connectivity index (χ1n) is 12.7. The Morgan fingerprint density at radius 2 is 1.94 bits per heavy atom. The fraction of sp³-hybridized carbons (Fsp3) is 0.538. The number of nitrogens with one attached hydrogen (secondary N) is 2. The highest BCUT2D eigenvalue weighted by Crippen LogP contribution is 2.18. The van der Waals surface area contributed by atoms with Gasteiger partial charge in [0, 0.05) is 38.4 Å². The molecule has 2 aliphatic rings. The number of rotatable bonds is 6. The quantitative estimate of drug-likeness (QED) is 0.529. The second kappa shape index (κ2) is 10.3. The Hall–Kier alpha value is -3.04. The average molecular weight is 479 g/mol. The van der Waals surface area contributed by atoms with Gasteiger partial charge in [-0.15, -0.1) is 0 Å². The molecule has 0 atom stereocenters. The molecule has 186 valence electrons. The van der Waals surface area contributed by atoms with Gasteiger partial charge in [-0.05, 0) is 43.9 Å². The average Bonchev–Trinajstić information content (AvgIpc) is 2.87. The van der Waals surface area contributed by atoms with Crippen molar-refractivity contribution < 1.29 is 9.53 Å². The lowest BCUT2D eigenvalue weighted by molar-refractivity contribution is 0.0369. The molecular weight excluding hydrogens is 444 g/mol. The first-order chi connectivity index (χ1) is 17.0.